The standard InChI is InChI=1S/C16H26O/c1-3-5-8-14-10-7-11-15(9-6-4-2)16(14)12-13-17/h7,10-11,17H,3-6,8-9,12-13H2,1-2H3. The first-order valence-electron chi connectivity index (χ1n) is 7.04. The summed E-state index contributed by atoms with van der Waals surface area (Å²) in [7, 11) is 0. The molecular formula is C16H26O. The van der Waals surface area contributed by atoms with Gasteiger partial charge >= 0.3 is 0 Å². The van der Waals surface area contributed by atoms with Gasteiger partial charge in [0, 0.05) is 6.61 Å². The van der Waals surface area contributed by atoms with E-state index in [1.165, 1.54) is 42.4 Å². The molecule has 17 heavy (non-hydrogen) atoms. The minimum atomic E-state index is 0.266. The minimum absolute atomic E-state index is 0.266. The van der Waals surface area contributed by atoms with Crippen LogP contribution in [0.1, 0.15) is 56.2 Å². The van der Waals surface area contributed by atoms with Gasteiger partial charge in [0.1, 0.15) is 0 Å². The van der Waals surface area contributed by atoms with E-state index in [1.807, 2.05) is 0 Å². The highest BCUT2D eigenvalue weighted by Crippen LogP contribution is 2.20. The summed E-state index contributed by atoms with van der Waals surface area (Å²) in [5.74, 6) is 0. The van der Waals surface area contributed by atoms with Gasteiger partial charge in [0.2, 0.25) is 0 Å². The molecule has 0 saturated carbocycles. The molecule has 1 rings (SSSR count). The van der Waals surface area contributed by atoms with Crippen LogP contribution in [0.5, 0.6) is 0 Å². The van der Waals surface area contributed by atoms with Crippen molar-refractivity contribution in [3.05, 3.63) is 34.9 Å². The molecule has 96 valence electrons. The number of aryl methyl sites for hydroxylation is 2. The van der Waals surface area contributed by atoms with Gasteiger partial charge in [0.25, 0.3) is 0 Å². The fourth-order valence-corrected chi connectivity index (χ4v) is 2.32. The molecule has 1 aromatic rings. The first-order chi connectivity index (χ1) is 8.33. The lowest BCUT2D eigenvalue weighted by atomic mass is 9.92. The van der Waals surface area contributed by atoms with Crippen LogP contribution in [0.4, 0.5) is 0 Å². The van der Waals surface area contributed by atoms with E-state index < -0.39 is 0 Å². The molecule has 0 unspecified atom stereocenters. The van der Waals surface area contributed by atoms with Crippen molar-refractivity contribution in [1.29, 1.82) is 0 Å². The summed E-state index contributed by atoms with van der Waals surface area (Å²) in [5.41, 5.74) is 4.32. The molecule has 0 aliphatic heterocycles. The third-order valence-electron chi connectivity index (χ3n) is 3.33. The third-order valence-corrected chi connectivity index (χ3v) is 3.33. The van der Waals surface area contributed by atoms with Gasteiger partial charge in [-0.25, -0.2) is 0 Å². The van der Waals surface area contributed by atoms with Crippen LogP contribution in [-0.2, 0) is 19.3 Å². The molecule has 0 spiro atoms. The average molecular weight is 234 g/mol. The second kappa shape index (κ2) is 8.30. The summed E-state index contributed by atoms with van der Waals surface area (Å²) in [6.45, 7) is 4.72. The predicted molar refractivity (Wildman–Crippen MR) is 74.5 cm³/mol. The highest BCUT2D eigenvalue weighted by atomic mass is 16.2. The molecule has 0 bridgehead atoms. The Kier molecular flexibility index (Phi) is 6.95. The molecule has 0 heterocycles. The van der Waals surface area contributed by atoms with Crippen LogP contribution in [0.25, 0.3) is 0 Å². The Bertz CT molecular complexity index is 291. The molecule has 0 aromatic heterocycles. The predicted octanol–water partition coefficient (Wildman–Crippen LogP) is 3.91. The Hall–Kier alpha value is -0.820. The van der Waals surface area contributed by atoms with E-state index in [1.54, 1.807) is 0 Å². The minimum Gasteiger partial charge on any atom is -0.396 e. The number of rotatable bonds is 8. The van der Waals surface area contributed by atoms with Crippen LogP contribution < -0.4 is 0 Å². The van der Waals surface area contributed by atoms with Crippen molar-refractivity contribution in [3.8, 4) is 0 Å². The monoisotopic (exact) mass is 234 g/mol. The Balaban J connectivity index is 2.86. The van der Waals surface area contributed by atoms with Crippen LogP contribution in [0.2, 0.25) is 0 Å². The van der Waals surface area contributed by atoms with Crippen molar-refractivity contribution in [2.75, 3.05) is 6.61 Å². The fourth-order valence-electron chi connectivity index (χ4n) is 2.32. The Morgan fingerprint density at radius 3 is 1.82 bits per heavy atom. The number of hydrogen-bond acceptors (Lipinski definition) is 1. The van der Waals surface area contributed by atoms with Crippen molar-refractivity contribution in [2.24, 2.45) is 0 Å². The number of unbranched alkanes of at least 4 members (excludes halogenated alkanes) is 2. The Morgan fingerprint density at radius 1 is 0.882 bits per heavy atom. The smallest absolute Gasteiger partial charge is 0.0471 e. The van der Waals surface area contributed by atoms with Gasteiger partial charge in [-0.05, 0) is 48.8 Å². The SMILES string of the molecule is CCCCc1cccc(CCCC)c1CCO. The molecule has 1 N–H and O–H groups in total. The van der Waals surface area contributed by atoms with Crippen molar-refractivity contribution < 1.29 is 5.11 Å². The van der Waals surface area contributed by atoms with Crippen LogP contribution >= 0.6 is 0 Å². The molecule has 0 aliphatic carbocycles. The summed E-state index contributed by atoms with van der Waals surface area (Å²) in [6, 6.07) is 6.64. The summed E-state index contributed by atoms with van der Waals surface area (Å²) in [6.07, 6.45) is 8.09. The molecular weight excluding hydrogens is 208 g/mol. The lowest BCUT2D eigenvalue weighted by molar-refractivity contribution is 0.299. The van der Waals surface area contributed by atoms with Crippen molar-refractivity contribution in [2.45, 2.75) is 58.8 Å². The van der Waals surface area contributed by atoms with Gasteiger partial charge in [-0.1, -0.05) is 44.9 Å². The number of hydrogen-bond donors (Lipinski definition) is 1. The Morgan fingerprint density at radius 2 is 1.41 bits per heavy atom. The van der Waals surface area contributed by atoms with E-state index >= 15 is 0 Å². The second-order valence-corrected chi connectivity index (χ2v) is 4.74. The molecule has 0 amide bonds. The molecule has 0 fully saturated rings. The van der Waals surface area contributed by atoms with E-state index in [0.29, 0.717) is 0 Å². The topological polar surface area (TPSA) is 20.2 Å². The van der Waals surface area contributed by atoms with Crippen molar-refractivity contribution in [1.82, 2.24) is 0 Å². The summed E-state index contributed by atoms with van der Waals surface area (Å²) >= 11 is 0. The summed E-state index contributed by atoms with van der Waals surface area (Å²) in [5, 5.41) is 9.22. The lowest BCUT2D eigenvalue weighted by Gasteiger charge is -2.14. The molecule has 0 saturated heterocycles. The highest BCUT2D eigenvalue weighted by molar-refractivity contribution is 5.36. The summed E-state index contributed by atoms with van der Waals surface area (Å²) in [4.78, 5) is 0. The number of aliphatic hydroxyl groups excluding tert-OH is 1. The van der Waals surface area contributed by atoms with Crippen LogP contribution in [0, 0.1) is 0 Å². The fraction of sp³-hybridized carbons (Fsp3) is 0.625. The quantitative estimate of drug-likeness (QED) is 0.723. The molecule has 0 aliphatic rings. The van der Waals surface area contributed by atoms with Crippen LogP contribution in [0.3, 0.4) is 0 Å². The molecule has 0 radical (unpaired) electrons. The normalized spacial score (nSPS) is 10.8. The van der Waals surface area contributed by atoms with E-state index in [-0.39, 0.29) is 6.61 Å². The van der Waals surface area contributed by atoms with E-state index in [0.717, 1.165) is 19.3 Å². The maximum atomic E-state index is 9.22. The van der Waals surface area contributed by atoms with Gasteiger partial charge in [0.05, 0.1) is 0 Å². The van der Waals surface area contributed by atoms with Crippen molar-refractivity contribution >= 4 is 0 Å². The lowest BCUT2D eigenvalue weighted by Crippen LogP contribution is -2.03. The van der Waals surface area contributed by atoms with Crippen LogP contribution in [-0.4, -0.2) is 11.7 Å². The maximum Gasteiger partial charge on any atom is 0.0471 e. The molecule has 1 nitrogen and oxygen atoms in total. The van der Waals surface area contributed by atoms with Gasteiger partial charge < -0.3 is 5.11 Å². The van der Waals surface area contributed by atoms with E-state index in [4.69, 9.17) is 0 Å². The molecule has 1 aromatic carbocycles. The highest BCUT2D eigenvalue weighted by Gasteiger charge is 2.07. The van der Waals surface area contributed by atoms with Crippen LogP contribution in [0.15, 0.2) is 18.2 Å². The Labute approximate surface area is 106 Å². The first kappa shape index (κ1) is 14.2. The van der Waals surface area contributed by atoms with Gasteiger partial charge in [0.15, 0.2) is 0 Å². The zero-order chi connectivity index (χ0) is 12.5. The summed E-state index contributed by atoms with van der Waals surface area (Å²) < 4.78 is 0. The van der Waals surface area contributed by atoms with Crippen molar-refractivity contribution in [3.63, 3.8) is 0 Å². The molecule has 0 atom stereocenters. The number of aliphatic hydroxyl groups is 1. The first-order valence-corrected chi connectivity index (χ1v) is 7.04. The third kappa shape index (κ3) is 4.51. The largest absolute Gasteiger partial charge is 0.396 e. The average Bonchev–Trinajstić information content (AvgIpc) is 2.36. The zero-order valence-corrected chi connectivity index (χ0v) is 11.3. The maximum absolute atomic E-state index is 9.22. The van der Waals surface area contributed by atoms with Gasteiger partial charge in [-0.2, -0.15) is 0 Å². The van der Waals surface area contributed by atoms with E-state index in [2.05, 4.69) is 32.0 Å². The zero-order valence-electron chi connectivity index (χ0n) is 11.3. The van der Waals surface area contributed by atoms with E-state index in [9.17, 15) is 5.11 Å². The number of benzene rings is 1. The van der Waals surface area contributed by atoms with Gasteiger partial charge in [-0.15, -0.1) is 0 Å². The molecule has 1 heteroatoms. The van der Waals surface area contributed by atoms with Gasteiger partial charge in [-0.3, -0.25) is 0 Å². The second-order valence-electron chi connectivity index (χ2n) is 4.74.